The summed E-state index contributed by atoms with van der Waals surface area (Å²) in [6.07, 6.45) is 3.11. The van der Waals surface area contributed by atoms with Gasteiger partial charge >= 0.3 is 0 Å². The number of halogens is 1. The van der Waals surface area contributed by atoms with Crippen molar-refractivity contribution in [2.75, 3.05) is 20.0 Å². The van der Waals surface area contributed by atoms with Crippen molar-refractivity contribution in [2.24, 2.45) is 0 Å². The summed E-state index contributed by atoms with van der Waals surface area (Å²) in [5.41, 5.74) is 2.18. The molecule has 0 unspecified atom stereocenters. The van der Waals surface area contributed by atoms with Gasteiger partial charge in [-0.15, -0.1) is 0 Å². The quantitative estimate of drug-likeness (QED) is 0.691. The third-order valence-corrected chi connectivity index (χ3v) is 5.70. The Morgan fingerprint density at radius 2 is 1.96 bits per heavy atom. The normalized spacial score (nSPS) is 17.4. The van der Waals surface area contributed by atoms with Gasteiger partial charge in [-0.05, 0) is 33.1 Å². The van der Waals surface area contributed by atoms with Gasteiger partial charge in [0.2, 0.25) is 0 Å². The van der Waals surface area contributed by atoms with Crippen LogP contribution in [0, 0.1) is 0 Å². The van der Waals surface area contributed by atoms with E-state index >= 15 is 0 Å². The average Bonchev–Trinajstić information content (AvgIpc) is 2.92. The largest absolute Gasteiger partial charge is 0.382 e. The van der Waals surface area contributed by atoms with Gasteiger partial charge in [-0.1, -0.05) is 24.3 Å². The highest BCUT2D eigenvalue weighted by Crippen LogP contribution is 2.26. The van der Waals surface area contributed by atoms with Gasteiger partial charge in [0, 0.05) is 37.1 Å². The van der Waals surface area contributed by atoms with Gasteiger partial charge in [0.25, 0.3) is 5.91 Å². The zero-order valence-corrected chi connectivity index (χ0v) is 17.1. The Morgan fingerprint density at radius 1 is 1.27 bits per heavy atom. The van der Waals surface area contributed by atoms with E-state index in [0.717, 1.165) is 15.6 Å². The zero-order valence-electron chi connectivity index (χ0n) is 14.7. The molecule has 0 aliphatic carbocycles. The van der Waals surface area contributed by atoms with E-state index in [4.69, 9.17) is 4.74 Å². The number of nitrogens with zero attached hydrogens (tertiary/aromatic N) is 2. The van der Waals surface area contributed by atoms with Gasteiger partial charge in [0.15, 0.2) is 9.84 Å². The molecular weight excluding hydrogens is 420 g/mol. The topological polar surface area (TPSA) is 68.6 Å². The number of aromatic nitrogens is 1. The van der Waals surface area contributed by atoms with Crippen molar-refractivity contribution in [1.29, 1.82) is 0 Å². The standard InChI is InChI=1S/C18H21BrN2O4S/c1-25-11-16-10-20-9-15(19)7-17(20)18(22)21(16)8-13-5-3-4-6-14(13)12-26(2,23)24/h3-7,9,16H,8,10-12H2,1-2H3/t16-/m1/s1. The summed E-state index contributed by atoms with van der Waals surface area (Å²) in [5, 5.41) is 0. The molecule has 3 rings (SSSR count). The molecular formula is C18H21BrN2O4S. The van der Waals surface area contributed by atoms with Crippen LogP contribution in [0.3, 0.4) is 0 Å². The average molecular weight is 441 g/mol. The summed E-state index contributed by atoms with van der Waals surface area (Å²) in [7, 11) is -1.55. The maximum Gasteiger partial charge on any atom is 0.271 e. The van der Waals surface area contributed by atoms with Crippen molar-refractivity contribution in [3.8, 4) is 0 Å². The molecule has 1 atom stereocenters. The lowest BCUT2D eigenvalue weighted by Crippen LogP contribution is -2.49. The molecule has 0 saturated heterocycles. The molecule has 0 fully saturated rings. The lowest BCUT2D eigenvalue weighted by Gasteiger charge is -2.36. The van der Waals surface area contributed by atoms with E-state index in [2.05, 4.69) is 15.9 Å². The van der Waals surface area contributed by atoms with Crippen molar-refractivity contribution in [3.63, 3.8) is 0 Å². The van der Waals surface area contributed by atoms with Crippen molar-refractivity contribution >= 4 is 31.7 Å². The number of hydrogen-bond donors (Lipinski definition) is 0. The SMILES string of the molecule is COC[C@H]1Cn2cc(Br)cc2C(=O)N1Cc1ccccc1CS(C)(=O)=O. The van der Waals surface area contributed by atoms with Crippen molar-refractivity contribution in [1.82, 2.24) is 9.47 Å². The number of methoxy groups -OCH3 is 1. The molecule has 0 spiro atoms. The summed E-state index contributed by atoms with van der Waals surface area (Å²) in [6, 6.07) is 9.04. The molecule has 26 heavy (non-hydrogen) atoms. The number of ether oxygens (including phenoxy) is 1. The number of benzene rings is 1. The van der Waals surface area contributed by atoms with Gasteiger partial charge in [0.1, 0.15) is 5.69 Å². The van der Waals surface area contributed by atoms with Crippen LogP contribution in [-0.4, -0.2) is 49.8 Å². The minimum Gasteiger partial charge on any atom is -0.382 e. The van der Waals surface area contributed by atoms with Crippen LogP contribution >= 0.6 is 15.9 Å². The molecule has 0 radical (unpaired) electrons. The van der Waals surface area contributed by atoms with E-state index in [1.165, 1.54) is 6.26 Å². The first-order valence-corrected chi connectivity index (χ1v) is 11.0. The van der Waals surface area contributed by atoms with E-state index in [9.17, 15) is 13.2 Å². The summed E-state index contributed by atoms with van der Waals surface area (Å²) in [6.45, 7) is 1.39. The minimum absolute atomic E-state index is 0.0396. The number of sulfone groups is 1. The fraction of sp³-hybridized carbons (Fsp3) is 0.389. The number of fused-ring (bicyclic) bond motifs is 1. The van der Waals surface area contributed by atoms with Crippen LogP contribution in [0.15, 0.2) is 41.0 Å². The first-order chi connectivity index (χ1) is 12.3. The van der Waals surface area contributed by atoms with Gasteiger partial charge in [-0.25, -0.2) is 8.42 Å². The van der Waals surface area contributed by atoms with E-state index in [1.54, 1.807) is 24.1 Å². The van der Waals surface area contributed by atoms with Crippen LogP contribution in [0.4, 0.5) is 0 Å². The third kappa shape index (κ3) is 4.19. The molecule has 2 aromatic rings. The number of rotatable bonds is 6. The second-order valence-corrected chi connectivity index (χ2v) is 9.63. The van der Waals surface area contributed by atoms with Gasteiger partial charge in [0.05, 0.1) is 18.4 Å². The molecule has 140 valence electrons. The number of hydrogen-bond acceptors (Lipinski definition) is 4. The van der Waals surface area contributed by atoms with Gasteiger partial charge < -0.3 is 14.2 Å². The van der Waals surface area contributed by atoms with Crippen LogP contribution in [0.25, 0.3) is 0 Å². The van der Waals surface area contributed by atoms with Crippen LogP contribution in [0.1, 0.15) is 21.6 Å². The molecule has 8 heteroatoms. The molecule has 0 bridgehead atoms. The first kappa shape index (κ1) is 19.1. The zero-order chi connectivity index (χ0) is 18.9. The highest BCUT2D eigenvalue weighted by atomic mass is 79.9. The molecule has 1 aliphatic heterocycles. The lowest BCUT2D eigenvalue weighted by molar-refractivity contribution is 0.0388. The molecule has 0 N–H and O–H groups in total. The molecule has 1 aliphatic rings. The Balaban J connectivity index is 1.94. The number of amides is 1. The van der Waals surface area contributed by atoms with E-state index < -0.39 is 9.84 Å². The molecule has 1 aromatic carbocycles. The van der Waals surface area contributed by atoms with Crippen molar-refractivity contribution in [2.45, 2.75) is 24.9 Å². The first-order valence-electron chi connectivity index (χ1n) is 8.18. The molecule has 2 heterocycles. The van der Waals surface area contributed by atoms with Crippen molar-refractivity contribution < 1.29 is 17.9 Å². The fourth-order valence-corrected chi connectivity index (χ4v) is 4.61. The summed E-state index contributed by atoms with van der Waals surface area (Å²) < 4.78 is 31.6. The number of carbonyl (C=O) groups is 1. The molecule has 1 amide bonds. The lowest BCUT2D eigenvalue weighted by atomic mass is 10.1. The van der Waals surface area contributed by atoms with E-state index in [-0.39, 0.29) is 17.7 Å². The fourth-order valence-electron chi connectivity index (χ4n) is 3.30. The monoisotopic (exact) mass is 440 g/mol. The second kappa shape index (κ2) is 7.54. The van der Waals surface area contributed by atoms with Gasteiger partial charge in [-0.3, -0.25) is 4.79 Å². The summed E-state index contributed by atoms with van der Waals surface area (Å²) in [4.78, 5) is 14.8. The smallest absolute Gasteiger partial charge is 0.271 e. The van der Waals surface area contributed by atoms with Crippen LogP contribution in [0.2, 0.25) is 0 Å². The summed E-state index contributed by atoms with van der Waals surface area (Å²) >= 11 is 3.42. The second-order valence-electron chi connectivity index (χ2n) is 6.58. The van der Waals surface area contributed by atoms with Crippen LogP contribution in [-0.2, 0) is 33.4 Å². The van der Waals surface area contributed by atoms with Crippen molar-refractivity contribution in [3.05, 3.63) is 57.8 Å². The Bertz CT molecular complexity index is 923. The molecule has 6 nitrogen and oxygen atoms in total. The Morgan fingerprint density at radius 3 is 2.62 bits per heavy atom. The van der Waals surface area contributed by atoms with Crippen LogP contribution in [0.5, 0.6) is 0 Å². The van der Waals surface area contributed by atoms with E-state index in [1.807, 2.05) is 29.0 Å². The Kier molecular flexibility index (Phi) is 5.55. The summed E-state index contributed by atoms with van der Waals surface area (Å²) in [5.74, 6) is -0.125. The third-order valence-electron chi connectivity index (χ3n) is 4.43. The minimum atomic E-state index is -3.16. The highest BCUT2D eigenvalue weighted by molar-refractivity contribution is 9.10. The highest BCUT2D eigenvalue weighted by Gasteiger charge is 2.33. The number of carbonyl (C=O) groups excluding carboxylic acids is 1. The molecule has 1 aromatic heterocycles. The predicted molar refractivity (Wildman–Crippen MR) is 103 cm³/mol. The van der Waals surface area contributed by atoms with E-state index in [0.29, 0.717) is 25.4 Å². The van der Waals surface area contributed by atoms with Crippen LogP contribution < -0.4 is 0 Å². The predicted octanol–water partition coefficient (Wildman–Crippen LogP) is 2.47. The Hall–Kier alpha value is -1.64. The maximum atomic E-state index is 13.0. The maximum absolute atomic E-state index is 13.0. The molecule has 0 saturated carbocycles. The van der Waals surface area contributed by atoms with Gasteiger partial charge in [-0.2, -0.15) is 0 Å². The Labute approximate surface area is 161 Å².